The second-order valence-electron chi connectivity index (χ2n) is 16.3. The molecule has 1 rings (SSSR count). The molecule has 8 atom stereocenters. The summed E-state index contributed by atoms with van der Waals surface area (Å²) in [5.74, 6) is -0.621. The molecule has 0 radical (unpaired) electrons. The fourth-order valence-corrected chi connectivity index (χ4v) is 7.27. The second-order valence-corrected chi connectivity index (χ2v) is 16.3. The van der Waals surface area contributed by atoms with E-state index < -0.39 is 61.5 Å². The van der Waals surface area contributed by atoms with E-state index in [4.69, 9.17) is 9.47 Å². The molecule has 10 heteroatoms. The van der Waals surface area contributed by atoms with Crippen LogP contribution in [0.5, 0.6) is 0 Å². The average molecular weight is 798 g/mol. The van der Waals surface area contributed by atoms with Crippen molar-refractivity contribution in [1.82, 2.24) is 5.32 Å². The molecule has 0 aromatic rings. The van der Waals surface area contributed by atoms with Gasteiger partial charge < -0.3 is 45.4 Å². The molecule has 1 amide bonds. The van der Waals surface area contributed by atoms with Crippen molar-refractivity contribution in [2.24, 2.45) is 0 Å². The molecular weight excluding hydrogens is 711 g/mol. The van der Waals surface area contributed by atoms with E-state index in [9.17, 15) is 35.4 Å². The van der Waals surface area contributed by atoms with Crippen LogP contribution in [0, 0.1) is 0 Å². The number of hydrogen-bond donors (Lipinski definition) is 7. The summed E-state index contributed by atoms with van der Waals surface area (Å²) in [6.45, 7) is 3.58. The number of aliphatic hydroxyl groups is 6. The smallest absolute Gasteiger partial charge is 0.249 e. The van der Waals surface area contributed by atoms with Crippen LogP contribution in [-0.4, -0.2) is 98.7 Å². The molecule has 7 N–H and O–H groups in total. The molecule has 1 aliphatic heterocycles. The molecule has 1 fully saturated rings. The summed E-state index contributed by atoms with van der Waals surface area (Å²) >= 11 is 0. The van der Waals surface area contributed by atoms with E-state index in [-0.39, 0.29) is 6.61 Å². The zero-order valence-corrected chi connectivity index (χ0v) is 35.8. The highest BCUT2D eigenvalue weighted by molar-refractivity contribution is 5.80. The highest BCUT2D eigenvalue weighted by Crippen LogP contribution is 2.23. The van der Waals surface area contributed by atoms with Gasteiger partial charge in [0.2, 0.25) is 5.91 Å². The fourth-order valence-electron chi connectivity index (χ4n) is 7.27. The lowest BCUT2D eigenvalue weighted by Gasteiger charge is -2.40. The quantitative estimate of drug-likeness (QED) is 0.0239. The summed E-state index contributed by atoms with van der Waals surface area (Å²) in [6, 6.07) is -0.985. The van der Waals surface area contributed by atoms with Crippen LogP contribution < -0.4 is 5.32 Å². The normalized spacial score (nSPS) is 21.9. The van der Waals surface area contributed by atoms with E-state index in [2.05, 4.69) is 31.3 Å². The summed E-state index contributed by atoms with van der Waals surface area (Å²) in [6.07, 6.45) is 32.6. The second kappa shape index (κ2) is 36.7. The minimum Gasteiger partial charge on any atom is -0.394 e. The Bertz CT molecular complexity index is 948. The first-order chi connectivity index (χ1) is 27.3. The number of carbonyl (C=O) groups excluding carboxylic acids is 1. The highest BCUT2D eigenvalue weighted by atomic mass is 16.7. The number of nitrogens with one attached hydrogen (secondary N) is 1. The Hall–Kier alpha value is -1.37. The summed E-state index contributed by atoms with van der Waals surface area (Å²) in [5, 5.41) is 64.6. The monoisotopic (exact) mass is 798 g/mol. The molecule has 1 heterocycles. The predicted octanol–water partition coefficient (Wildman–Crippen LogP) is 8.47. The minimum atomic E-state index is -1.61. The summed E-state index contributed by atoms with van der Waals surface area (Å²) in [4.78, 5) is 13.0. The first-order valence-electron chi connectivity index (χ1n) is 23.2. The van der Waals surface area contributed by atoms with E-state index in [0.29, 0.717) is 6.42 Å². The van der Waals surface area contributed by atoms with Crippen molar-refractivity contribution in [3.63, 3.8) is 0 Å². The van der Waals surface area contributed by atoms with Gasteiger partial charge in [0.05, 0.1) is 25.4 Å². The van der Waals surface area contributed by atoms with Crippen molar-refractivity contribution in [3.05, 3.63) is 24.3 Å². The molecular formula is C46H87NO9. The van der Waals surface area contributed by atoms with Gasteiger partial charge in [0.15, 0.2) is 6.29 Å². The van der Waals surface area contributed by atoms with Gasteiger partial charge in [-0.25, -0.2) is 0 Å². The molecule has 10 nitrogen and oxygen atoms in total. The lowest BCUT2D eigenvalue weighted by Crippen LogP contribution is -2.60. The SMILES string of the molecule is CCCCCCC/C=C/CCCC/C=C/[C@@H](O)[C@H](CO[C@@H]1O[C@H](CO)[C@@H](O)[C@H](O)[C@H]1O)NC(=O)[C@H](O)CCCCCCCCCCCCCCCCCCCC. The number of carbonyl (C=O) groups is 1. The van der Waals surface area contributed by atoms with Crippen LogP contribution in [0.2, 0.25) is 0 Å². The highest BCUT2D eigenvalue weighted by Gasteiger charge is 2.44. The van der Waals surface area contributed by atoms with Crippen LogP contribution in [0.4, 0.5) is 0 Å². The van der Waals surface area contributed by atoms with Crippen molar-refractivity contribution in [2.45, 2.75) is 249 Å². The topological polar surface area (TPSA) is 169 Å². The number of hydrogen-bond acceptors (Lipinski definition) is 9. The number of ether oxygens (including phenoxy) is 2. The Balaban J connectivity index is 2.40. The Morgan fingerprint density at radius 2 is 1.04 bits per heavy atom. The molecule has 56 heavy (non-hydrogen) atoms. The maximum atomic E-state index is 13.0. The van der Waals surface area contributed by atoms with Crippen LogP contribution in [-0.2, 0) is 14.3 Å². The fraction of sp³-hybridized carbons (Fsp3) is 0.891. The van der Waals surface area contributed by atoms with E-state index >= 15 is 0 Å². The molecule has 0 bridgehead atoms. The Morgan fingerprint density at radius 3 is 1.52 bits per heavy atom. The van der Waals surface area contributed by atoms with Crippen LogP contribution in [0.25, 0.3) is 0 Å². The van der Waals surface area contributed by atoms with E-state index in [1.165, 1.54) is 122 Å². The Morgan fingerprint density at radius 1 is 0.607 bits per heavy atom. The zero-order chi connectivity index (χ0) is 41.1. The lowest BCUT2D eigenvalue weighted by atomic mass is 9.99. The van der Waals surface area contributed by atoms with Gasteiger partial charge >= 0.3 is 0 Å². The summed E-state index contributed by atoms with van der Waals surface area (Å²) in [5.41, 5.74) is 0. The average Bonchev–Trinajstić information content (AvgIpc) is 3.20. The Labute approximate surface area is 341 Å². The van der Waals surface area contributed by atoms with Gasteiger partial charge in [-0.1, -0.05) is 179 Å². The maximum Gasteiger partial charge on any atom is 0.249 e. The predicted molar refractivity (Wildman–Crippen MR) is 227 cm³/mol. The molecule has 0 unspecified atom stereocenters. The minimum absolute atomic E-state index is 0.310. The van der Waals surface area contributed by atoms with E-state index in [1.807, 2.05) is 6.08 Å². The van der Waals surface area contributed by atoms with Gasteiger partial charge in [0, 0.05) is 0 Å². The number of aliphatic hydroxyl groups excluding tert-OH is 6. The largest absolute Gasteiger partial charge is 0.394 e. The van der Waals surface area contributed by atoms with Crippen molar-refractivity contribution in [1.29, 1.82) is 0 Å². The molecule has 1 saturated heterocycles. The van der Waals surface area contributed by atoms with Crippen LogP contribution >= 0.6 is 0 Å². The van der Waals surface area contributed by atoms with Gasteiger partial charge in [-0.3, -0.25) is 4.79 Å². The number of amides is 1. The van der Waals surface area contributed by atoms with E-state index in [1.54, 1.807) is 6.08 Å². The number of allylic oxidation sites excluding steroid dienone is 3. The number of unbranched alkanes of at least 4 members (excludes halogenated alkanes) is 25. The third kappa shape index (κ3) is 26.6. The summed E-state index contributed by atoms with van der Waals surface area (Å²) < 4.78 is 11.1. The third-order valence-corrected chi connectivity index (χ3v) is 11.1. The molecule has 0 aliphatic carbocycles. The summed E-state index contributed by atoms with van der Waals surface area (Å²) in [7, 11) is 0. The molecule has 0 saturated carbocycles. The van der Waals surface area contributed by atoms with Gasteiger partial charge in [-0.05, 0) is 44.9 Å². The van der Waals surface area contributed by atoms with Crippen molar-refractivity contribution < 1.29 is 44.9 Å². The van der Waals surface area contributed by atoms with Gasteiger partial charge in [0.1, 0.15) is 30.5 Å². The molecule has 0 aromatic heterocycles. The van der Waals surface area contributed by atoms with Gasteiger partial charge in [-0.15, -0.1) is 0 Å². The molecule has 0 aromatic carbocycles. The zero-order valence-electron chi connectivity index (χ0n) is 35.8. The van der Waals surface area contributed by atoms with Crippen molar-refractivity contribution in [3.8, 4) is 0 Å². The first kappa shape index (κ1) is 52.6. The van der Waals surface area contributed by atoms with Crippen LogP contribution in [0.3, 0.4) is 0 Å². The lowest BCUT2D eigenvalue weighted by molar-refractivity contribution is -0.302. The molecule has 0 spiro atoms. The Kier molecular flexibility index (Phi) is 34.5. The molecule has 1 aliphatic rings. The standard InChI is InChI=1S/C46H87NO9/c1-3-5-7-9-11-13-15-17-18-19-20-21-23-25-27-29-31-33-35-40(50)45(54)47-38(37-55-46-44(53)43(52)42(51)41(36-48)56-46)39(49)34-32-30-28-26-24-22-16-14-12-10-8-6-4-2/h16,22,32,34,38-44,46,48-53H,3-15,17-21,23-31,33,35-37H2,1-2H3,(H,47,54)/b22-16+,34-32+/t38-,39+,40+,41+,42+,43-,44+,46+/m0/s1. The molecule has 330 valence electrons. The van der Waals surface area contributed by atoms with Crippen molar-refractivity contribution in [2.75, 3.05) is 13.2 Å². The van der Waals surface area contributed by atoms with E-state index in [0.717, 1.165) is 57.8 Å². The first-order valence-corrected chi connectivity index (χ1v) is 23.2. The third-order valence-electron chi connectivity index (χ3n) is 11.1. The van der Waals surface area contributed by atoms with Crippen LogP contribution in [0.1, 0.15) is 200 Å². The number of rotatable bonds is 38. The van der Waals surface area contributed by atoms with Crippen molar-refractivity contribution >= 4 is 5.91 Å². The van der Waals surface area contributed by atoms with Gasteiger partial charge in [-0.2, -0.15) is 0 Å². The van der Waals surface area contributed by atoms with Crippen LogP contribution in [0.15, 0.2) is 24.3 Å². The van der Waals surface area contributed by atoms with Gasteiger partial charge in [0.25, 0.3) is 0 Å². The maximum absolute atomic E-state index is 13.0.